The summed E-state index contributed by atoms with van der Waals surface area (Å²) >= 11 is 1.14. The van der Waals surface area contributed by atoms with Crippen molar-refractivity contribution in [3.63, 3.8) is 0 Å². The van der Waals surface area contributed by atoms with Crippen LogP contribution in [0, 0.1) is 5.82 Å². The van der Waals surface area contributed by atoms with E-state index in [1.54, 1.807) is 30.5 Å². The van der Waals surface area contributed by atoms with E-state index in [0.29, 0.717) is 5.69 Å². The highest BCUT2D eigenvalue weighted by atomic mass is 32.2. The number of hydrogen-bond donors (Lipinski definition) is 2. The van der Waals surface area contributed by atoms with Crippen molar-refractivity contribution >= 4 is 38.3 Å². The van der Waals surface area contributed by atoms with Gasteiger partial charge in [-0.15, -0.1) is 11.3 Å². The van der Waals surface area contributed by atoms with Crippen molar-refractivity contribution in [2.45, 2.75) is 24.3 Å². The molecule has 11 heteroatoms. The first-order valence-electron chi connectivity index (χ1n) is 9.90. The minimum Gasteiger partial charge on any atom is -0.349 e. The molecule has 2 amide bonds. The van der Waals surface area contributed by atoms with Gasteiger partial charge in [0, 0.05) is 19.5 Å². The highest BCUT2D eigenvalue weighted by molar-refractivity contribution is 7.89. The molecule has 0 saturated heterocycles. The lowest BCUT2D eigenvalue weighted by molar-refractivity contribution is -0.121. The molecule has 1 aromatic heterocycles. The van der Waals surface area contributed by atoms with Gasteiger partial charge in [0.25, 0.3) is 5.91 Å². The van der Waals surface area contributed by atoms with Gasteiger partial charge in [-0.25, -0.2) is 22.1 Å². The van der Waals surface area contributed by atoms with Gasteiger partial charge in [-0.3, -0.25) is 14.9 Å². The van der Waals surface area contributed by atoms with Crippen LogP contribution in [0.25, 0.3) is 0 Å². The van der Waals surface area contributed by atoms with E-state index in [4.69, 9.17) is 0 Å². The fourth-order valence-corrected chi connectivity index (χ4v) is 4.54. The van der Waals surface area contributed by atoms with Crippen molar-refractivity contribution < 1.29 is 22.4 Å². The molecule has 8 nitrogen and oxygen atoms in total. The Labute approximate surface area is 195 Å². The number of halogens is 1. The molecule has 0 aliphatic heterocycles. The molecule has 1 heterocycles. The van der Waals surface area contributed by atoms with Gasteiger partial charge in [-0.2, -0.15) is 0 Å². The monoisotopic (exact) mass is 490 g/mol. The number of amides is 2. The lowest BCUT2D eigenvalue weighted by atomic mass is 10.1. The molecule has 1 atom stereocenters. The predicted molar refractivity (Wildman–Crippen MR) is 124 cm³/mol. The van der Waals surface area contributed by atoms with E-state index in [0.717, 1.165) is 21.2 Å². The summed E-state index contributed by atoms with van der Waals surface area (Å²) in [5.74, 6) is -1.54. The van der Waals surface area contributed by atoms with Crippen LogP contribution in [-0.2, 0) is 21.2 Å². The molecule has 0 bridgehead atoms. The van der Waals surface area contributed by atoms with E-state index in [-0.39, 0.29) is 34.0 Å². The molecular weight excluding hydrogens is 467 g/mol. The van der Waals surface area contributed by atoms with Gasteiger partial charge in [0.05, 0.1) is 28.6 Å². The molecule has 3 rings (SSSR count). The zero-order valence-corrected chi connectivity index (χ0v) is 19.8. The topological polar surface area (TPSA) is 108 Å². The highest BCUT2D eigenvalue weighted by Crippen LogP contribution is 2.20. The van der Waals surface area contributed by atoms with Gasteiger partial charge in [0.2, 0.25) is 15.9 Å². The maximum Gasteiger partial charge on any atom is 0.260 e. The second-order valence-corrected chi connectivity index (χ2v) is 10.4. The predicted octanol–water partition coefficient (Wildman–Crippen LogP) is 3.20. The van der Waals surface area contributed by atoms with E-state index in [1.165, 1.54) is 44.4 Å². The van der Waals surface area contributed by atoms with Crippen molar-refractivity contribution in [2.24, 2.45) is 0 Å². The van der Waals surface area contributed by atoms with Crippen LogP contribution in [0.15, 0.2) is 58.8 Å². The summed E-state index contributed by atoms with van der Waals surface area (Å²) in [7, 11) is -0.602. The second-order valence-electron chi connectivity index (χ2n) is 7.40. The normalized spacial score (nSPS) is 12.4. The molecule has 0 aliphatic rings. The number of sulfonamides is 1. The standard InChI is InChI=1S/C22H23FN4O4S2/c1-14(15-8-10-17(11-9-15)33(30,31)27(2)3)24-20(28)12-16-13-32-22(25-16)26-21(29)18-6-4-5-7-19(18)23/h4-11,13-14H,12H2,1-3H3,(H,24,28)(H,25,26,29). The molecule has 174 valence electrons. The Morgan fingerprint density at radius 3 is 2.42 bits per heavy atom. The SMILES string of the molecule is CC(NC(=O)Cc1csc(NC(=O)c2ccccc2F)n1)c1ccc(S(=O)(=O)N(C)C)cc1. The molecule has 0 aliphatic carbocycles. The summed E-state index contributed by atoms with van der Waals surface area (Å²) in [5, 5.41) is 7.27. The van der Waals surface area contributed by atoms with E-state index in [2.05, 4.69) is 15.6 Å². The summed E-state index contributed by atoms with van der Waals surface area (Å²) in [5.41, 5.74) is 1.11. The van der Waals surface area contributed by atoms with Crippen molar-refractivity contribution in [3.05, 3.63) is 76.5 Å². The summed E-state index contributed by atoms with van der Waals surface area (Å²) in [4.78, 5) is 29.0. The molecule has 0 saturated carbocycles. The number of hydrogen-bond acceptors (Lipinski definition) is 6. The second kappa shape index (κ2) is 10.2. The first-order chi connectivity index (χ1) is 15.6. The molecule has 0 spiro atoms. The first kappa shape index (κ1) is 24.5. The van der Waals surface area contributed by atoms with Gasteiger partial charge in [-0.05, 0) is 36.8 Å². The molecule has 1 unspecified atom stereocenters. The molecule has 3 aromatic rings. The van der Waals surface area contributed by atoms with Crippen LogP contribution >= 0.6 is 11.3 Å². The quantitative estimate of drug-likeness (QED) is 0.504. The fourth-order valence-electron chi connectivity index (χ4n) is 2.94. The summed E-state index contributed by atoms with van der Waals surface area (Å²) in [6, 6.07) is 11.6. The van der Waals surface area contributed by atoms with Gasteiger partial charge < -0.3 is 5.32 Å². The van der Waals surface area contributed by atoms with Gasteiger partial charge in [-0.1, -0.05) is 24.3 Å². The van der Waals surface area contributed by atoms with Gasteiger partial charge >= 0.3 is 0 Å². The molecule has 0 radical (unpaired) electrons. The van der Waals surface area contributed by atoms with Crippen molar-refractivity contribution in [1.82, 2.24) is 14.6 Å². The van der Waals surface area contributed by atoms with Gasteiger partial charge in [0.15, 0.2) is 5.13 Å². The Hall–Kier alpha value is -3.15. The molecule has 0 fully saturated rings. The zero-order chi connectivity index (χ0) is 24.2. The van der Waals surface area contributed by atoms with Crippen LogP contribution in [0.5, 0.6) is 0 Å². The van der Waals surface area contributed by atoms with Crippen LogP contribution in [0.2, 0.25) is 0 Å². The Morgan fingerprint density at radius 1 is 1.12 bits per heavy atom. The Balaban J connectivity index is 1.57. The van der Waals surface area contributed by atoms with E-state index in [9.17, 15) is 22.4 Å². The zero-order valence-electron chi connectivity index (χ0n) is 18.2. The number of nitrogens with zero attached hydrogens (tertiary/aromatic N) is 2. The molecular formula is C22H23FN4O4S2. The number of carbonyl (C=O) groups excluding carboxylic acids is 2. The number of anilines is 1. The van der Waals surface area contributed by atoms with Crippen LogP contribution in [0.3, 0.4) is 0 Å². The van der Waals surface area contributed by atoms with Crippen LogP contribution in [-0.4, -0.2) is 43.6 Å². The highest BCUT2D eigenvalue weighted by Gasteiger charge is 2.18. The molecule has 2 N–H and O–H groups in total. The fraction of sp³-hybridized carbons (Fsp3) is 0.227. The lowest BCUT2D eigenvalue weighted by Gasteiger charge is -2.16. The third-order valence-electron chi connectivity index (χ3n) is 4.77. The van der Waals surface area contributed by atoms with E-state index < -0.39 is 21.7 Å². The third-order valence-corrected chi connectivity index (χ3v) is 7.40. The Bertz CT molecular complexity index is 1260. The number of carbonyl (C=O) groups is 2. The number of nitrogens with one attached hydrogen (secondary N) is 2. The largest absolute Gasteiger partial charge is 0.349 e. The van der Waals surface area contributed by atoms with E-state index >= 15 is 0 Å². The minimum absolute atomic E-state index is 0.0104. The smallest absolute Gasteiger partial charge is 0.260 e. The Morgan fingerprint density at radius 2 is 1.79 bits per heavy atom. The Kier molecular flexibility index (Phi) is 7.57. The first-order valence-corrected chi connectivity index (χ1v) is 12.2. The van der Waals surface area contributed by atoms with Crippen molar-refractivity contribution in [1.29, 1.82) is 0 Å². The van der Waals surface area contributed by atoms with Crippen molar-refractivity contribution in [2.75, 3.05) is 19.4 Å². The molecule has 33 heavy (non-hydrogen) atoms. The third kappa shape index (κ3) is 6.01. The number of aromatic nitrogens is 1. The lowest BCUT2D eigenvalue weighted by Crippen LogP contribution is -2.28. The van der Waals surface area contributed by atoms with Crippen LogP contribution in [0.1, 0.15) is 34.6 Å². The van der Waals surface area contributed by atoms with Crippen LogP contribution in [0.4, 0.5) is 9.52 Å². The van der Waals surface area contributed by atoms with Crippen molar-refractivity contribution in [3.8, 4) is 0 Å². The maximum absolute atomic E-state index is 13.7. The van der Waals surface area contributed by atoms with Gasteiger partial charge in [0.1, 0.15) is 5.82 Å². The number of benzene rings is 2. The minimum atomic E-state index is -3.52. The van der Waals surface area contributed by atoms with E-state index in [1.807, 2.05) is 0 Å². The maximum atomic E-state index is 13.7. The average Bonchev–Trinajstić information content (AvgIpc) is 3.20. The van der Waals surface area contributed by atoms with Crippen LogP contribution < -0.4 is 10.6 Å². The summed E-state index contributed by atoms with van der Waals surface area (Å²) in [6.07, 6.45) is -0.0104. The molecule has 2 aromatic carbocycles. The summed E-state index contributed by atoms with van der Waals surface area (Å²) in [6.45, 7) is 1.79. The number of thiazole rings is 1. The average molecular weight is 491 g/mol. The number of rotatable bonds is 8. The summed E-state index contributed by atoms with van der Waals surface area (Å²) < 4.78 is 39.2.